The van der Waals surface area contributed by atoms with Crippen LogP contribution < -0.4 is 0 Å². The third kappa shape index (κ3) is 4.07. The van der Waals surface area contributed by atoms with Crippen molar-refractivity contribution in [3.05, 3.63) is 29.3 Å². The van der Waals surface area contributed by atoms with E-state index in [1.807, 2.05) is 36.0 Å². The molecular weight excluding hydrogens is 276 g/mol. The highest BCUT2D eigenvalue weighted by Crippen LogP contribution is 2.28. The first-order valence-electron chi connectivity index (χ1n) is 5.52. The van der Waals surface area contributed by atoms with Crippen LogP contribution in [0.25, 0.3) is 0 Å². The molecule has 94 valence electrons. The molecule has 1 N–H and O–H groups in total. The van der Waals surface area contributed by atoms with Gasteiger partial charge in [0.25, 0.3) is 0 Å². The summed E-state index contributed by atoms with van der Waals surface area (Å²) in [5, 5.41) is 10.8. The van der Waals surface area contributed by atoms with E-state index in [1.54, 1.807) is 11.8 Å². The second-order valence-corrected chi connectivity index (χ2v) is 6.41. The van der Waals surface area contributed by atoms with Gasteiger partial charge in [-0.05, 0) is 12.1 Å². The average molecular weight is 291 g/mol. The molecule has 0 spiro atoms. The van der Waals surface area contributed by atoms with Gasteiger partial charge in [0, 0.05) is 22.2 Å². The lowest BCUT2D eigenvalue weighted by Crippen LogP contribution is -2.36. The highest BCUT2D eigenvalue weighted by Gasteiger charge is 2.23. The summed E-state index contributed by atoms with van der Waals surface area (Å²) in [5.41, 5.74) is 0. The highest BCUT2D eigenvalue weighted by atomic mass is 35.5. The van der Waals surface area contributed by atoms with Gasteiger partial charge >= 0.3 is 0 Å². The maximum absolute atomic E-state index is 10.0. The van der Waals surface area contributed by atoms with E-state index >= 15 is 0 Å². The number of aliphatic hydroxyl groups is 1. The second kappa shape index (κ2) is 6.90. The molecule has 2 nitrogen and oxygen atoms in total. The van der Waals surface area contributed by atoms with Crippen LogP contribution in [-0.2, 0) is 4.74 Å². The molecule has 2 rings (SSSR count). The maximum Gasteiger partial charge on any atom is 0.0932 e. The summed E-state index contributed by atoms with van der Waals surface area (Å²) in [6.45, 7) is 0.739. The van der Waals surface area contributed by atoms with Crippen LogP contribution >= 0.6 is 35.1 Å². The molecule has 1 aromatic carbocycles. The Hall–Kier alpha value is 0.130. The number of hydrogen-bond acceptors (Lipinski definition) is 4. The maximum atomic E-state index is 10.0. The summed E-state index contributed by atoms with van der Waals surface area (Å²) in [4.78, 5) is 1.01. The summed E-state index contributed by atoms with van der Waals surface area (Å²) in [7, 11) is 0. The van der Waals surface area contributed by atoms with Gasteiger partial charge < -0.3 is 9.84 Å². The van der Waals surface area contributed by atoms with E-state index < -0.39 is 6.10 Å². The fraction of sp³-hybridized carbons (Fsp3) is 0.500. The first kappa shape index (κ1) is 13.6. The van der Waals surface area contributed by atoms with Crippen LogP contribution in [0, 0.1) is 0 Å². The Morgan fingerprint density at radius 1 is 1.53 bits per heavy atom. The molecular formula is C12H15ClO2S2. The number of thioether (sulfide) groups is 2. The van der Waals surface area contributed by atoms with Crippen LogP contribution in [0.3, 0.4) is 0 Å². The molecule has 1 heterocycles. The van der Waals surface area contributed by atoms with E-state index in [0.717, 1.165) is 28.0 Å². The van der Waals surface area contributed by atoms with Crippen molar-refractivity contribution in [2.24, 2.45) is 0 Å². The van der Waals surface area contributed by atoms with Gasteiger partial charge in [0.15, 0.2) is 0 Å². The summed E-state index contributed by atoms with van der Waals surface area (Å²) in [6.07, 6.45) is -0.465. The van der Waals surface area contributed by atoms with Crippen molar-refractivity contribution >= 4 is 35.1 Å². The van der Waals surface area contributed by atoms with Crippen molar-refractivity contribution in [1.29, 1.82) is 0 Å². The molecule has 5 heteroatoms. The van der Waals surface area contributed by atoms with E-state index in [-0.39, 0.29) is 6.10 Å². The monoisotopic (exact) mass is 290 g/mol. The zero-order valence-corrected chi connectivity index (χ0v) is 11.7. The number of halogens is 1. The topological polar surface area (TPSA) is 29.5 Å². The highest BCUT2D eigenvalue weighted by molar-refractivity contribution is 7.99. The smallest absolute Gasteiger partial charge is 0.0932 e. The molecule has 2 atom stereocenters. The SMILES string of the molecule is OC(CSc1ccccc1Cl)C1CSCCO1. The molecule has 0 amide bonds. The normalized spacial score (nSPS) is 22.4. The third-order valence-electron chi connectivity index (χ3n) is 2.52. The number of benzene rings is 1. The third-order valence-corrected chi connectivity index (χ3v) is 5.15. The largest absolute Gasteiger partial charge is 0.390 e. The van der Waals surface area contributed by atoms with E-state index in [1.165, 1.54) is 0 Å². The summed E-state index contributed by atoms with van der Waals surface area (Å²) in [5.74, 6) is 2.53. The molecule has 1 aromatic rings. The van der Waals surface area contributed by atoms with Crippen molar-refractivity contribution in [1.82, 2.24) is 0 Å². The van der Waals surface area contributed by atoms with Crippen molar-refractivity contribution in [3.63, 3.8) is 0 Å². The lowest BCUT2D eigenvalue weighted by atomic mass is 10.2. The van der Waals surface area contributed by atoms with Gasteiger partial charge in [-0.2, -0.15) is 11.8 Å². The number of rotatable bonds is 4. The van der Waals surface area contributed by atoms with E-state index in [9.17, 15) is 5.11 Å². The first-order valence-corrected chi connectivity index (χ1v) is 8.04. The van der Waals surface area contributed by atoms with Gasteiger partial charge in [0.1, 0.15) is 0 Å². The Labute approximate surface area is 115 Å². The Morgan fingerprint density at radius 3 is 3.06 bits per heavy atom. The molecule has 1 aliphatic heterocycles. The minimum atomic E-state index is -0.427. The van der Waals surface area contributed by atoms with Gasteiger partial charge in [0.2, 0.25) is 0 Å². The molecule has 0 aromatic heterocycles. The fourth-order valence-electron chi connectivity index (χ4n) is 1.57. The molecule has 0 bridgehead atoms. The quantitative estimate of drug-likeness (QED) is 0.864. The zero-order valence-electron chi connectivity index (χ0n) is 9.34. The van der Waals surface area contributed by atoms with Gasteiger partial charge in [-0.25, -0.2) is 0 Å². The van der Waals surface area contributed by atoms with Gasteiger partial charge in [-0.15, -0.1) is 11.8 Å². The van der Waals surface area contributed by atoms with Crippen molar-refractivity contribution < 1.29 is 9.84 Å². The van der Waals surface area contributed by atoms with Gasteiger partial charge in [-0.1, -0.05) is 23.7 Å². The first-order chi connectivity index (χ1) is 8.27. The van der Waals surface area contributed by atoms with E-state index in [4.69, 9.17) is 16.3 Å². The Morgan fingerprint density at radius 2 is 2.35 bits per heavy atom. The molecule has 0 radical (unpaired) electrons. The fourth-order valence-corrected chi connectivity index (χ4v) is 3.75. The lowest BCUT2D eigenvalue weighted by Gasteiger charge is -2.26. The summed E-state index contributed by atoms with van der Waals surface area (Å²) < 4.78 is 5.54. The van der Waals surface area contributed by atoms with Gasteiger partial charge in [0.05, 0.1) is 23.8 Å². The lowest BCUT2D eigenvalue weighted by molar-refractivity contribution is -0.0104. The minimum absolute atomic E-state index is 0.0382. The Kier molecular flexibility index (Phi) is 5.50. The number of hydrogen-bond donors (Lipinski definition) is 1. The van der Waals surface area contributed by atoms with Crippen molar-refractivity contribution in [3.8, 4) is 0 Å². The van der Waals surface area contributed by atoms with Gasteiger partial charge in [-0.3, -0.25) is 0 Å². The van der Waals surface area contributed by atoms with Crippen LogP contribution in [0.15, 0.2) is 29.2 Å². The summed E-state index contributed by atoms with van der Waals surface area (Å²) in [6, 6.07) is 7.69. The predicted octanol–water partition coefficient (Wildman–Crippen LogP) is 2.93. The molecule has 1 saturated heterocycles. The molecule has 17 heavy (non-hydrogen) atoms. The number of aliphatic hydroxyl groups excluding tert-OH is 1. The predicted molar refractivity (Wildman–Crippen MR) is 75.2 cm³/mol. The molecule has 0 saturated carbocycles. The van der Waals surface area contributed by atoms with Crippen LogP contribution in [0.4, 0.5) is 0 Å². The molecule has 2 unspecified atom stereocenters. The standard InChI is InChI=1S/C12H15ClO2S2/c13-9-3-1-2-4-12(9)17-7-10(14)11-8-16-6-5-15-11/h1-4,10-11,14H,5-8H2. The molecule has 1 aliphatic rings. The second-order valence-electron chi connectivity index (χ2n) is 3.79. The van der Waals surface area contributed by atoms with Crippen molar-refractivity contribution in [2.45, 2.75) is 17.1 Å². The van der Waals surface area contributed by atoms with Crippen molar-refractivity contribution in [2.75, 3.05) is 23.9 Å². The van der Waals surface area contributed by atoms with E-state index in [2.05, 4.69) is 0 Å². The molecule has 0 aliphatic carbocycles. The van der Waals surface area contributed by atoms with Crippen LogP contribution in [0.5, 0.6) is 0 Å². The molecule has 1 fully saturated rings. The minimum Gasteiger partial charge on any atom is -0.390 e. The Bertz CT molecular complexity index is 356. The van der Waals surface area contributed by atoms with Crippen LogP contribution in [0.1, 0.15) is 0 Å². The Balaban J connectivity index is 1.83. The van der Waals surface area contributed by atoms with Crippen LogP contribution in [-0.4, -0.2) is 41.2 Å². The number of ether oxygens (including phenoxy) is 1. The zero-order chi connectivity index (χ0) is 12.1. The van der Waals surface area contributed by atoms with Crippen LogP contribution in [0.2, 0.25) is 5.02 Å². The summed E-state index contributed by atoms with van der Waals surface area (Å²) >= 11 is 9.47. The van der Waals surface area contributed by atoms with E-state index in [0.29, 0.717) is 5.75 Å². The average Bonchev–Trinajstić information content (AvgIpc) is 2.38.